The normalized spacial score (nSPS) is 12.5. The second kappa shape index (κ2) is 9.43. The summed E-state index contributed by atoms with van der Waals surface area (Å²) in [6, 6.07) is 7.83. The molecule has 5 heteroatoms. The summed E-state index contributed by atoms with van der Waals surface area (Å²) in [7, 11) is 0. The summed E-state index contributed by atoms with van der Waals surface area (Å²) in [5.74, 6) is 0.756. The van der Waals surface area contributed by atoms with E-state index in [0.29, 0.717) is 13.1 Å². The minimum Gasteiger partial charge on any atom is -0.491 e. The molecule has 1 atom stereocenters. The van der Waals surface area contributed by atoms with Gasteiger partial charge in [0.15, 0.2) is 0 Å². The van der Waals surface area contributed by atoms with Gasteiger partial charge in [0, 0.05) is 12.6 Å². The molecule has 0 aliphatic heterocycles. The van der Waals surface area contributed by atoms with E-state index in [9.17, 15) is 9.90 Å². The van der Waals surface area contributed by atoms with Crippen LogP contribution in [0.5, 0.6) is 5.75 Å². The molecule has 0 radical (unpaired) electrons. The highest BCUT2D eigenvalue weighted by molar-refractivity contribution is 5.78. The molecule has 0 aromatic heterocycles. The zero-order valence-corrected chi connectivity index (χ0v) is 14.0. The third-order valence-corrected chi connectivity index (χ3v) is 3.26. The second-order valence-corrected chi connectivity index (χ2v) is 5.78. The minimum atomic E-state index is -0.633. The van der Waals surface area contributed by atoms with Gasteiger partial charge >= 0.3 is 0 Å². The van der Waals surface area contributed by atoms with Gasteiger partial charge in [0.05, 0.1) is 6.54 Å². The first-order valence-electron chi connectivity index (χ1n) is 7.80. The van der Waals surface area contributed by atoms with Gasteiger partial charge in [-0.25, -0.2) is 0 Å². The molecule has 0 aliphatic rings. The molecule has 0 bridgehead atoms. The van der Waals surface area contributed by atoms with Crippen molar-refractivity contribution in [3.8, 4) is 5.75 Å². The molecule has 0 fully saturated rings. The van der Waals surface area contributed by atoms with Crippen LogP contribution in [-0.2, 0) is 4.79 Å². The molecule has 1 aromatic carbocycles. The highest BCUT2D eigenvalue weighted by Crippen LogP contribution is 2.16. The van der Waals surface area contributed by atoms with Crippen LogP contribution in [-0.4, -0.2) is 54.3 Å². The summed E-state index contributed by atoms with van der Waals surface area (Å²) in [5, 5.41) is 13.0. The lowest BCUT2D eigenvalue weighted by Gasteiger charge is -2.23. The Bertz CT molecular complexity index is 463. The first-order chi connectivity index (χ1) is 10.4. The number of aryl methyl sites for hydroxylation is 1. The zero-order valence-electron chi connectivity index (χ0n) is 14.0. The average Bonchev–Trinajstić information content (AvgIpc) is 2.44. The third kappa shape index (κ3) is 6.91. The Morgan fingerprint density at radius 2 is 2.05 bits per heavy atom. The smallest absolute Gasteiger partial charge is 0.234 e. The van der Waals surface area contributed by atoms with Gasteiger partial charge in [-0.3, -0.25) is 9.69 Å². The van der Waals surface area contributed by atoms with Gasteiger partial charge in [0.25, 0.3) is 0 Å². The molecule has 0 spiro atoms. The molecule has 0 saturated carbocycles. The van der Waals surface area contributed by atoms with Crippen molar-refractivity contribution in [2.24, 2.45) is 0 Å². The summed E-state index contributed by atoms with van der Waals surface area (Å²) in [5.41, 5.74) is 1.04. The van der Waals surface area contributed by atoms with E-state index in [1.54, 1.807) is 0 Å². The number of benzene rings is 1. The highest BCUT2D eigenvalue weighted by Gasteiger charge is 2.15. The number of nitrogens with one attached hydrogen (secondary N) is 1. The van der Waals surface area contributed by atoms with Gasteiger partial charge in [-0.1, -0.05) is 25.1 Å². The number of carbonyl (C=O) groups is 1. The van der Waals surface area contributed by atoms with Crippen molar-refractivity contribution in [3.63, 3.8) is 0 Å². The Kier molecular flexibility index (Phi) is 7.91. The van der Waals surface area contributed by atoms with Crippen LogP contribution < -0.4 is 10.1 Å². The van der Waals surface area contributed by atoms with Crippen molar-refractivity contribution in [2.75, 3.05) is 26.2 Å². The van der Waals surface area contributed by atoms with E-state index in [1.165, 1.54) is 0 Å². The van der Waals surface area contributed by atoms with E-state index in [2.05, 4.69) is 5.32 Å². The fraction of sp³-hybridized carbons (Fsp3) is 0.588. The highest BCUT2D eigenvalue weighted by atomic mass is 16.5. The molecule has 0 saturated heterocycles. The number of carbonyl (C=O) groups excluding carboxylic acids is 1. The van der Waals surface area contributed by atoms with Crippen molar-refractivity contribution >= 4 is 5.91 Å². The first kappa shape index (κ1) is 18.5. The molecule has 0 heterocycles. The second-order valence-electron chi connectivity index (χ2n) is 5.78. The Morgan fingerprint density at radius 1 is 1.36 bits per heavy atom. The van der Waals surface area contributed by atoms with Crippen LogP contribution in [0.3, 0.4) is 0 Å². The van der Waals surface area contributed by atoms with Gasteiger partial charge in [-0.2, -0.15) is 0 Å². The van der Waals surface area contributed by atoms with Crippen LogP contribution in [0, 0.1) is 6.92 Å². The number of rotatable bonds is 9. The van der Waals surface area contributed by atoms with Crippen molar-refractivity contribution in [2.45, 2.75) is 39.8 Å². The van der Waals surface area contributed by atoms with Gasteiger partial charge in [-0.15, -0.1) is 0 Å². The van der Waals surface area contributed by atoms with E-state index in [0.717, 1.165) is 11.3 Å². The third-order valence-electron chi connectivity index (χ3n) is 3.26. The fourth-order valence-electron chi connectivity index (χ4n) is 2.13. The number of likely N-dealkylation sites (N-methyl/N-ethyl adjacent to an activating group) is 1. The number of aliphatic hydroxyl groups is 1. The maximum absolute atomic E-state index is 11.8. The molecular weight excluding hydrogens is 280 g/mol. The molecule has 2 N–H and O–H groups in total. The monoisotopic (exact) mass is 308 g/mol. The van der Waals surface area contributed by atoms with E-state index in [1.807, 2.05) is 56.9 Å². The van der Waals surface area contributed by atoms with Gasteiger partial charge in [0.1, 0.15) is 18.5 Å². The molecule has 0 aliphatic carbocycles. The quantitative estimate of drug-likeness (QED) is 0.727. The average molecular weight is 308 g/mol. The predicted molar refractivity (Wildman–Crippen MR) is 88.1 cm³/mol. The van der Waals surface area contributed by atoms with Gasteiger partial charge in [0.2, 0.25) is 5.91 Å². The predicted octanol–water partition coefficient (Wildman–Crippen LogP) is 1.58. The zero-order chi connectivity index (χ0) is 16.5. The molecule has 124 valence electrons. The van der Waals surface area contributed by atoms with Crippen molar-refractivity contribution in [3.05, 3.63) is 29.8 Å². The molecule has 1 rings (SSSR count). The molecule has 1 amide bonds. The van der Waals surface area contributed by atoms with Crippen LogP contribution in [0.2, 0.25) is 0 Å². The summed E-state index contributed by atoms with van der Waals surface area (Å²) in [4.78, 5) is 13.7. The minimum absolute atomic E-state index is 0.0242. The van der Waals surface area contributed by atoms with Crippen LogP contribution in [0.15, 0.2) is 24.3 Å². The van der Waals surface area contributed by atoms with E-state index in [-0.39, 0.29) is 25.1 Å². The molecule has 1 aromatic rings. The van der Waals surface area contributed by atoms with E-state index >= 15 is 0 Å². The van der Waals surface area contributed by atoms with Crippen LogP contribution in [0.25, 0.3) is 0 Å². The lowest BCUT2D eigenvalue weighted by atomic mass is 10.2. The number of para-hydroxylation sites is 1. The van der Waals surface area contributed by atoms with Gasteiger partial charge in [-0.05, 0) is 38.9 Å². The molecular formula is C17H28N2O3. The van der Waals surface area contributed by atoms with Crippen molar-refractivity contribution in [1.29, 1.82) is 0 Å². The summed E-state index contributed by atoms with van der Waals surface area (Å²) in [6.45, 7) is 9.41. The molecule has 5 nitrogen and oxygen atoms in total. The van der Waals surface area contributed by atoms with E-state index < -0.39 is 6.10 Å². The number of nitrogens with zero attached hydrogens (tertiary/aromatic N) is 1. The summed E-state index contributed by atoms with van der Waals surface area (Å²) in [6.07, 6.45) is -0.633. The topological polar surface area (TPSA) is 61.8 Å². The SMILES string of the molecule is CCN(CC(=O)NC(C)C)CC(O)COc1ccccc1C. The Hall–Kier alpha value is -1.59. The largest absolute Gasteiger partial charge is 0.491 e. The van der Waals surface area contributed by atoms with Crippen molar-refractivity contribution < 1.29 is 14.6 Å². The first-order valence-corrected chi connectivity index (χ1v) is 7.80. The van der Waals surface area contributed by atoms with Crippen LogP contribution in [0.1, 0.15) is 26.3 Å². The Balaban J connectivity index is 2.40. The Morgan fingerprint density at radius 3 is 2.64 bits per heavy atom. The van der Waals surface area contributed by atoms with Crippen LogP contribution in [0.4, 0.5) is 0 Å². The fourth-order valence-corrected chi connectivity index (χ4v) is 2.13. The van der Waals surface area contributed by atoms with Gasteiger partial charge < -0.3 is 15.2 Å². The maximum atomic E-state index is 11.8. The standard InChI is InChI=1S/C17H28N2O3/c1-5-19(11-17(21)18-13(2)3)10-15(20)12-22-16-9-7-6-8-14(16)4/h6-9,13,15,20H,5,10-12H2,1-4H3,(H,18,21). The molecule has 22 heavy (non-hydrogen) atoms. The molecule has 1 unspecified atom stereocenters. The lowest BCUT2D eigenvalue weighted by molar-refractivity contribution is -0.123. The maximum Gasteiger partial charge on any atom is 0.234 e. The number of hydrogen-bond donors (Lipinski definition) is 2. The van der Waals surface area contributed by atoms with E-state index in [4.69, 9.17) is 4.74 Å². The lowest BCUT2D eigenvalue weighted by Crippen LogP contribution is -2.43. The van der Waals surface area contributed by atoms with Crippen LogP contribution >= 0.6 is 0 Å². The van der Waals surface area contributed by atoms with Crippen molar-refractivity contribution in [1.82, 2.24) is 10.2 Å². The number of amides is 1. The number of hydrogen-bond acceptors (Lipinski definition) is 4. The summed E-state index contributed by atoms with van der Waals surface area (Å²) < 4.78 is 5.64. The summed E-state index contributed by atoms with van der Waals surface area (Å²) >= 11 is 0. The number of ether oxygens (including phenoxy) is 1. The number of aliphatic hydroxyl groups excluding tert-OH is 1. The Labute approximate surface area is 133 Å².